The van der Waals surface area contributed by atoms with Crippen LogP contribution in [0.3, 0.4) is 0 Å². The van der Waals surface area contributed by atoms with Gasteiger partial charge in [0.2, 0.25) is 6.79 Å². The molecule has 0 radical (unpaired) electrons. The van der Waals surface area contributed by atoms with Crippen molar-refractivity contribution in [1.29, 1.82) is 0 Å². The third kappa shape index (κ3) is 2.01. The van der Waals surface area contributed by atoms with E-state index in [1.165, 1.54) is 18.1 Å². The molecule has 6 nitrogen and oxygen atoms in total. The summed E-state index contributed by atoms with van der Waals surface area (Å²) in [6.07, 6.45) is 5.08. The Hall–Kier alpha value is -2.05. The number of methoxy groups -OCH3 is 1. The zero-order chi connectivity index (χ0) is 17.2. The molecule has 1 aromatic carbocycles. The summed E-state index contributed by atoms with van der Waals surface area (Å²) in [6, 6.07) is 4.41. The highest BCUT2D eigenvalue weighted by molar-refractivity contribution is 5.67. The van der Waals surface area contributed by atoms with E-state index in [1.54, 1.807) is 7.11 Å². The van der Waals surface area contributed by atoms with Gasteiger partial charge in [0.25, 0.3) is 0 Å². The number of hydrogen-bond donors (Lipinski definition) is 0. The first-order chi connectivity index (χ1) is 12.1. The number of carbonyl (C=O) groups is 1. The Morgan fingerprint density at radius 3 is 2.88 bits per heavy atom. The molecule has 0 amide bonds. The summed E-state index contributed by atoms with van der Waals surface area (Å²) in [6.45, 7) is 3.29. The minimum Gasteiger partial charge on any atom is -0.460 e. The fourth-order valence-corrected chi connectivity index (χ4v) is 5.00. The quantitative estimate of drug-likeness (QED) is 0.602. The molecule has 1 fully saturated rings. The average molecular weight is 343 g/mol. The minimum atomic E-state index is -0.352. The summed E-state index contributed by atoms with van der Waals surface area (Å²) in [5.74, 6) is 1.33. The van der Waals surface area contributed by atoms with E-state index in [-0.39, 0.29) is 36.4 Å². The first kappa shape index (κ1) is 15.2. The number of nitrogens with zero attached hydrogens (tertiary/aromatic N) is 1. The highest BCUT2D eigenvalue weighted by Crippen LogP contribution is 2.54. The molecule has 0 aromatic heterocycles. The fraction of sp³-hybridized carbons (Fsp3) is 0.526. The second-order valence-electron chi connectivity index (χ2n) is 7.21. The zero-order valence-corrected chi connectivity index (χ0v) is 14.4. The van der Waals surface area contributed by atoms with Gasteiger partial charge in [0.05, 0.1) is 11.5 Å². The van der Waals surface area contributed by atoms with Crippen molar-refractivity contribution in [3.8, 4) is 11.5 Å². The first-order valence-electron chi connectivity index (χ1n) is 8.68. The molecule has 4 aliphatic rings. The van der Waals surface area contributed by atoms with Gasteiger partial charge >= 0.3 is 5.97 Å². The molecule has 5 atom stereocenters. The van der Waals surface area contributed by atoms with Gasteiger partial charge in [-0.15, -0.1) is 0 Å². The van der Waals surface area contributed by atoms with E-state index in [4.69, 9.17) is 18.9 Å². The lowest BCUT2D eigenvalue weighted by Crippen LogP contribution is -2.52. The van der Waals surface area contributed by atoms with Crippen molar-refractivity contribution < 1.29 is 23.7 Å². The summed E-state index contributed by atoms with van der Waals surface area (Å²) in [5, 5.41) is 0. The van der Waals surface area contributed by atoms with Crippen molar-refractivity contribution >= 4 is 5.97 Å². The van der Waals surface area contributed by atoms with E-state index in [0.717, 1.165) is 31.0 Å². The molecule has 6 heteroatoms. The van der Waals surface area contributed by atoms with Crippen LogP contribution in [0.1, 0.15) is 24.5 Å². The van der Waals surface area contributed by atoms with Crippen LogP contribution in [0.15, 0.2) is 24.3 Å². The number of ether oxygens (including phenoxy) is 4. The molecule has 1 unspecified atom stereocenters. The van der Waals surface area contributed by atoms with Gasteiger partial charge in [0, 0.05) is 33.2 Å². The number of benzene rings is 1. The van der Waals surface area contributed by atoms with Gasteiger partial charge in [-0.1, -0.05) is 12.2 Å². The standard InChI is InChI=1S/C19H21NO5/c1-11(21)25-18-9-20-8-12-5-15-16(24-10-23-15)7-14(12)19(18)4-3-13(22-2)6-17(19)20/h3-5,7,13,17-18H,6,8-10H2,1-2H3/t13-,17+,18-,19-/m1/s1. The van der Waals surface area contributed by atoms with Gasteiger partial charge < -0.3 is 18.9 Å². The summed E-state index contributed by atoms with van der Waals surface area (Å²) < 4.78 is 22.5. The van der Waals surface area contributed by atoms with Crippen molar-refractivity contribution in [2.45, 2.75) is 43.6 Å². The number of hydrogen-bond acceptors (Lipinski definition) is 6. The summed E-state index contributed by atoms with van der Waals surface area (Å²) in [5.41, 5.74) is 2.05. The van der Waals surface area contributed by atoms with Crippen LogP contribution in [-0.2, 0) is 26.2 Å². The van der Waals surface area contributed by atoms with Gasteiger partial charge in [0.15, 0.2) is 11.5 Å². The third-order valence-electron chi connectivity index (χ3n) is 6.02. The zero-order valence-electron chi connectivity index (χ0n) is 14.4. The Bertz CT molecular complexity index is 775. The molecular formula is C19H21NO5. The summed E-state index contributed by atoms with van der Waals surface area (Å²) in [7, 11) is 1.74. The molecule has 1 aromatic rings. The maximum Gasteiger partial charge on any atom is 0.302 e. The molecule has 5 rings (SSSR count). The maximum atomic E-state index is 11.7. The third-order valence-corrected chi connectivity index (χ3v) is 6.02. The van der Waals surface area contributed by atoms with Crippen LogP contribution in [0.5, 0.6) is 11.5 Å². The van der Waals surface area contributed by atoms with E-state index in [9.17, 15) is 4.79 Å². The minimum absolute atomic E-state index is 0.0901. The van der Waals surface area contributed by atoms with Gasteiger partial charge in [-0.25, -0.2) is 0 Å². The highest BCUT2D eigenvalue weighted by Gasteiger charge is 2.60. The molecular weight excluding hydrogens is 322 g/mol. The van der Waals surface area contributed by atoms with Gasteiger partial charge in [-0.3, -0.25) is 9.69 Å². The molecule has 1 aliphatic carbocycles. The van der Waals surface area contributed by atoms with E-state index >= 15 is 0 Å². The predicted octanol–water partition coefficient (Wildman–Crippen LogP) is 1.76. The van der Waals surface area contributed by atoms with Crippen molar-refractivity contribution in [1.82, 2.24) is 4.90 Å². The monoisotopic (exact) mass is 343 g/mol. The van der Waals surface area contributed by atoms with Crippen LogP contribution in [0.25, 0.3) is 0 Å². The Morgan fingerprint density at radius 1 is 1.32 bits per heavy atom. The lowest BCUT2D eigenvalue weighted by molar-refractivity contribution is -0.147. The van der Waals surface area contributed by atoms with E-state index in [0.29, 0.717) is 0 Å². The fourth-order valence-electron chi connectivity index (χ4n) is 5.00. The SMILES string of the molecule is CO[C@@H]1C=C[C@]23c4cc5c(cc4CN(C[C@H]2OC(C)=O)[C@H]3C1)OCO5. The normalized spacial score (nSPS) is 36.7. The van der Waals surface area contributed by atoms with Crippen LogP contribution in [0, 0.1) is 0 Å². The van der Waals surface area contributed by atoms with Crippen molar-refractivity contribution in [2.75, 3.05) is 20.4 Å². The number of esters is 1. The molecule has 1 saturated heterocycles. The van der Waals surface area contributed by atoms with Crippen LogP contribution >= 0.6 is 0 Å². The largest absolute Gasteiger partial charge is 0.460 e. The molecule has 3 heterocycles. The average Bonchev–Trinajstić information content (AvgIpc) is 3.13. The Balaban J connectivity index is 1.69. The van der Waals surface area contributed by atoms with Crippen LogP contribution in [0.2, 0.25) is 0 Å². The molecule has 0 N–H and O–H groups in total. The van der Waals surface area contributed by atoms with Gasteiger partial charge in [-0.2, -0.15) is 0 Å². The van der Waals surface area contributed by atoms with Gasteiger partial charge in [0.1, 0.15) is 6.10 Å². The molecule has 3 aliphatic heterocycles. The van der Waals surface area contributed by atoms with Crippen LogP contribution < -0.4 is 9.47 Å². The summed E-state index contributed by atoms with van der Waals surface area (Å²) >= 11 is 0. The van der Waals surface area contributed by atoms with Crippen molar-refractivity contribution in [2.24, 2.45) is 0 Å². The lowest BCUT2D eigenvalue weighted by atomic mass is 9.65. The van der Waals surface area contributed by atoms with Crippen molar-refractivity contribution in [3.05, 3.63) is 35.4 Å². The highest BCUT2D eigenvalue weighted by atomic mass is 16.7. The molecule has 0 spiro atoms. The van der Waals surface area contributed by atoms with E-state index < -0.39 is 0 Å². The number of carbonyl (C=O) groups excluding carboxylic acids is 1. The van der Waals surface area contributed by atoms with Gasteiger partial charge in [-0.05, 0) is 29.7 Å². The topological polar surface area (TPSA) is 57.2 Å². The lowest BCUT2D eigenvalue weighted by Gasteiger charge is -2.46. The first-order valence-corrected chi connectivity index (χ1v) is 8.68. The van der Waals surface area contributed by atoms with E-state index in [1.807, 2.05) is 0 Å². The second kappa shape index (κ2) is 5.22. The number of rotatable bonds is 2. The maximum absolute atomic E-state index is 11.7. The van der Waals surface area contributed by atoms with Crippen LogP contribution in [-0.4, -0.2) is 49.6 Å². The number of fused-ring (bicyclic) bond motifs is 2. The smallest absolute Gasteiger partial charge is 0.302 e. The Kier molecular flexibility index (Phi) is 3.18. The Morgan fingerprint density at radius 2 is 2.12 bits per heavy atom. The second-order valence-corrected chi connectivity index (χ2v) is 7.21. The molecule has 25 heavy (non-hydrogen) atoms. The molecule has 132 valence electrons. The van der Waals surface area contributed by atoms with Crippen LogP contribution in [0.4, 0.5) is 0 Å². The van der Waals surface area contributed by atoms with E-state index in [2.05, 4.69) is 29.2 Å². The Labute approximate surface area is 146 Å². The molecule has 0 saturated carbocycles. The van der Waals surface area contributed by atoms with Crippen molar-refractivity contribution in [3.63, 3.8) is 0 Å². The molecule has 2 bridgehead atoms. The summed E-state index contributed by atoms with van der Waals surface area (Å²) in [4.78, 5) is 14.2. The predicted molar refractivity (Wildman–Crippen MR) is 88.5 cm³/mol.